The van der Waals surface area contributed by atoms with E-state index in [4.69, 9.17) is 5.26 Å². The maximum atomic E-state index is 12.4. The van der Waals surface area contributed by atoms with Crippen LogP contribution >= 0.6 is 0 Å². The summed E-state index contributed by atoms with van der Waals surface area (Å²) in [4.78, 5) is 5.04. The van der Waals surface area contributed by atoms with Gasteiger partial charge >= 0.3 is 0 Å². The molecule has 1 atom stereocenters. The van der Waals surface area contributed by atoms with Crippen LogP contribution in [0, 0.1) is 11.3 Å². The lowest BCUT2D eigenvalue weighted by Crippen LogP contribution is -2.44. The lowest BCUT2D eigenvalue weighted by Gasteiger charge is -2.32. The summed E-state index contributed by atoms with van der Waals surface area (Å²) in [5.41, 5.74) is 0.757. The van der Waals surface area contributed by atoms with Crippen LogP contribution in [-0.4, -0.2) is 62.7 Å². The third-order valence-corrected chi connectivity index (χ3v) is 7.09. The number of hydrogen-bond acceptors (Lipinski definition) is 5. The van der Waals surface area contributed by atoms with Crippen molar-refractivity contribution < 1.29 is 8.42 Å². The van der Waals surface area contributed by atoms with Crippen LogP contribution in [-0.2, 0) is 9.84 Å². The number of nitriles is 1. The molecule has 124 valence electrons. The Morgan fingerprint density at radius 3 is 2.57 bits per heavy atom. The van der Waals surface area contributed by atoms with E-state index in [0.717, 1.165) is 26.1 Å². The van der Waals surface area contributed by atoms with E-state index < -0.39 is 9.84 Å². The zero-order valence-corrected chi connectivity index (χ0v) is 14.3. The van der Waals surface area contributed by atoms with Crippen molar-refractivity contribution in [1.82, 2.24) is 9.80 Å². The van der Waals surface area contributed by atoms with Crippen LogP contribution in [0.4, 0.5) is 0 Å². The van der Waals surface area contributed by atoms with Gasteiger partial charge in [0.15, 0.2) is 9.84 Å². The standard InChI is InChI=1S/C17H23N3O2S/c1-19-9-2-7-17(19)8-10-20(14-17)11-12-23(21,22)16-5-3-15(13-18)4-6-16/h3-6H,2,7-12,14H2,1H3. The van der Waals surface area contributed by atoms with E-state index in [1.807, 2.05) is 6.07 Å². The van der Waals surface area contributed by atoms with Gasteiger partial charge in [-0.25, -0.2) is 8.42 Å². The number of rotatable bonds is 4. The van der Waals surface area contributed by atoms with E-state index in [0.29, 0.717) is 17.0 Å². The Labute approximate surface area is 138 Å². The average molecular weight is 333 g/mol. The molecule has 0 saturated carbocycles. The first-order chi connectivity index (χ1) is 11.0. The van der Waals surface area contributed by atoms with Gasteiger partial charge in [0, 0.05) is 25.2 Å². The van der Waals surface area contributed by atoms with Gasteiger partial charge in [-0.15, -0.1) is 0 Å². The second-order valence-electron chi connectivity index (χ2n) is 6.73. The van der Waals surface area contributed by atoms with Gasteiger partial charge in [-0.1, -0.05) is 0 Å². The first-order valence-electron chi connectivity index (χ1n) is 8.12. The van der Waals surface area contributed by atoms with Crippen LogP contribution in [0.5, 0.6) is 0 Å². The molecule has 2 saturated heterocycles. The van der Waals surface area contributed by atoms with E-state index >= 15 is 0 Å². The SMILES string of the molecule is CN1CCCC12CCN(CCS(=O)(=O)c1ccc(C#N)cc1)C2. The maximum absolute atomic E-state index is 12.4. The Morgan fingerprint density at radius 2 is 1.96 bits per heavy atom. The zero-order chi connectivity index (χ0) is 16.5. The summed E-state index contributed by atoms with van der Waals surface area (Å²) < 4.78 is 24.9. The van der Waals surface area contributed by atoms with Crippen LogP contribution in [0.3, 0.4) is 0 Å². The lowest BCUT2D eigenvalue weighted by molar-refractivity contribution is 0.175. The predicted molar refractivity (Wildman–Crippen MR) is 88.9 cm³/mol. The minimum Gasteiger partial charge on any atom is -0.300 e. The maximum Gasteiger partial charge on any atom is 0.179 e. The average Bonchev–Trinajstić information content (AvgIpc) is 3.13. The van der Waals surface area contributed by atoms with Gasteiger partial charge < -0.3 is 4.90 Å². The Kier molecular flexibility index (Phi) is 4.45. The van der Waals surface area contributed by atoms with Gasteiger partial charge in [-0.05, 0) is 57.1 Å². The van der Waals surface area contributed by atoms with Gasteiger partial charge in [-0.2, -0.15) is 5.26 Å². The molecule has 23 heavy (non-hydrogen) atoms. The topological polar surface area (TPSA) is 64.4 Å². The Bertz CT molecular complexity index is 708. The van der Waals surface area contributed by atoms with E-state index in [-0.39, 0.29) is 11.3 Å². The van der Waals surface area contributed by atoms with Gasteiger partial charge in [0.05, 0.1) is 22.3 Å². The van der Waals surface area contributed by atoms with Crippen molar-refractivity contribution in [3.63, 3.8) is 0 Å². The molecule has 1 aromatic carbocycles. The first kappa shape index (κ1) is 16.4. The summed E-state index contributed by atoms with van der Waals surface area (Å²) >= 11 is 0. The van der Waals surface area contributed by atoms with Crippen molar-refractivity contribution in [1.29, 1.82) is 5.26 Å². The third kappa shape index (κ3) is 3.27. The molecule has 0 radical (unpaired) electrons. The molecule has 2 aliphatic heterocycles. The lowest BCUT2D eigenvalue weighted by atomic mass is 9.96. The molecule has 2 fully saturated rings. The minimum absolute atomic E-state index is 0.138. The van der Waals surface area contributed by atoms with Crippen LogP contribution < -0.4 is 0 Å². The molecule has 0 aliphatic carbocycles. The minimum atomic E-state index is -3.29. The van der Waals surface area contributed by atoms with Crippen molar-refractivity contribution >= 4 is 9.84 Å². The molecule has 1 spiro atoms. The van der Waals surface area contributed by atoms with Gasteiger partial charge in [0.2, 0.25) is 0 Å². The Morgan fingerprint density at radius 1 is 1.22 bits per heavy atom. The number of sulfone groups is 1. The Hall–Kier alpha value is -1.42. The summed E-state index contributed by atoms with van der Waals surface area (Å²) in [6.07, 6.45) is 3.61. The quantitative estimate of drug-likeness (QED) is 0.835. The zero-order valence-electron chi connectivity index (χ0n) is 13.5. The summed E-state index contributed by atoms with van der Waals surface area (Å²) in [5.74, 6) is 0.138. The van der Waals surface area contributed by atoms with E-state index in [2.05, 4.69) is 16.8 Å². The van der Waals surface area contributed by atoms with Crippen LogP contribution in [0.2, 0.25) is 0 Å². The highest BCUT2D eigenvalue weighted by Gasteiger charge is 2.43. The number of likely N-dealkylation sites (N-methyl/N-ethyl adjacent to an activating group) is 1. The number of hydrogen-bond donors (Lipinski definition) is 0. The van der Waals surface area contributed by atoms with Gasteiger partial charge in [-0.3, -0.25) is 4.90 Å². The summed E-state index contributed by atoms with van der Waals surface area (Å²) in [6, 6.07) is 8.19. The molecular formula is C17H23N3O2S. The highest BCUT2D eigenvalue weighted by atomic mass is 32.2. The Balaban J connectivity index is 1.60. The fourth-order valence-electron chi connectivity index (χ4n) is 3.82. The van der Waals surface area contributed by atoms with Gasteiger partial charge in [0.1, 0.15) is 0 Å². The second-order valence-corrected chi connectivity index (χ2v) is 8.84. The van der Waals surface area contributed by atoms with E-state index in [9.17, 15) is 8.42 Å². The fourth-order valence-corrected chi connectivity index (χ4v) is 5.11. The van der Waals surface area contributed by atoms with Crippen molar-refractivity contribution in [2.45, 2.75) is 29.7 Å². The summed E-state index contributed by atoms with van der Waals surface area (Å²) in [6.45, 7) is 3.69. The van der Waals surface area contributed by atoms with Crippen LogP contribution in [0.15, 0.2) is 29.2 Å². The molecule has 3 rings (SSSR count). The summed E-state index contributed by atoms with van der Waals surface area (Å²) in [5, 5.41) is 8.79. The van der Waals surface area contributed by atoms with Crippen molar-refractivity contribution in [3.05, 3.63) is 29.8 Å². The summed E-state index contributed by atoms with van der Waals surface area (Å²) in [7, 11) is -1.10. The largest absolute Gasteiger partial charge is 0.300 e. The molecule has 6 heteroatoms. The van der Waals surface area contributed by atoms with Gasteiger partial charge in [0.25, 0.3) is 0 Å². The predicted octanol–water partition coefficient (Wildman–Crippen LogP) is 1.50. The molecule has 0 aromatic heterocycles. The molecule has 2 heterocycles. The molecule has 0 bridgehead atoms. The smallest absolute Gasteiger partial charge is 0.179 e. The monoisotopic (exact) mass is 333 g/mol. The molecule has 5 nitrogen and oxygen atoms in total. The number of nitrogens with zero attached hydrogens (tertiary/aromatic N) is 3. The van der Waals surface area contributed by atoms with E-state index in [1.165, 1.54) is 25.0 Å². The van der Waals surface area contributed by atoms with E-state index in [1.54, 1.807) is 12.1 Å². The van der Waals surface area contributed by atoms with Crippen molar-refractivity contribution in [3.8, 4) is 6.07 Å². The third-order valence-electron chi connectivity index (χ3n) is 5.38. The molecular weight excluding hydrogens is 310 g/mol. The first-order valence-corrected chi connectivity index (χ1v) is 9.77. The molecule has 1 aromatic rings. The molecule has 0 amide bonds. The normalized spacial score (nSPS) is 25.9. The second kappa shape index (κ2) is 6.23. The van der Waals surface area contributed by atoms with Crippen molar-refractivity contribution in [2.24, 2.45) is 0 Å². The van der Waals surface area contributed by atoms with Crippen LogP contribution in [0.1, 0.15) is 24.8 Å². The highest BCUT2D eigenvalue weighted by molar-refractivity contribution is 7.91. The molecule has 0 N–H and O–H groups in total. The highest BCUT2D eigenvalue weighted by Crippen LogP contribution is 2.36. The molecule has 1 unspecified atom stereocenters. The van der Waals surface area contributed by atoms with Crippen molar-refractivity contribution in [2.75, 3.05) is 39.0 Å². The molecule has 2 aliphatic rings. The van der Waals surface area contributed by atoms with Crippen LogP contribution in [0.25, 0.3) is 0 Å². The fraction of sp³-hybridized carbons (Fsp3) is 0.588. The number of likely N-dealkylation sites (tertiary alicyclic amines) is 2. The number of benzene rings is 1.